The molecule has 2 rings (SSSR count). The van der Waals surface area contributed by atoms with Gasteiger partial charge in [0, 0.05) is 12.7 Å². The topological polar surface area (TPSA) is 59.2 Å². The van der Waals surface area contributed by atoms with E-state index in [0.717, 1.165) is 31.4 Å². The lowest BCUT2D eigenvalue weighted by Crippen LogP contribution is -2.53. The number of nitrogens with two attached hydrogens (primary N) is 1. The summed E-state index contributed by atoms with van der Waals surface area (Å²) in [5, 5.41) is 0. The van der Waals surface area contributed by atoms with Crippen molar-refractivity contribution in [2.24, 2.45) is 5.73 Å². The van der Waals surface area contributed by atoms with Gasteiger partial charge in [0.1, 0.15) is 0 Å². The molecule has 1 heterocycles. The molecule has 0 bridgehead atoms. The summed E-state index contributed by atoms with van der Waals surface area (Å²) < 4.78 is 0. The van der Waals surface area contributed by atoms with E-state index in [2.05, 4.69) is 4.98 Å². The number of nitrogens with zero attached hydrogens (tertiary/aromatic N) is 2. The van der Waals surface area contributed by atoms with Crippen LogP contribution in [0.2, 0.25) is 0 Å². The van der Waals surface area contributed by atoms with Crippen LogP contribution in [0.5, 0.6) is 0 Å². The maximum absolute atomic E-state index is 12.5. The molecule has 1 aliphatic rings. The Morgan fingerprint density at radius 2 is 2.17 bits per heavy atom. The van der Waals surface area contributed by atoms with E-state index in [0.29, 0.717) is 13.1 Å². The average molecular weight is 247 g/mol. The minimum absolute atomic E-state index is 0.0770. The molecule has 4 heteroatoms. The molecule has 0 saturated heterocycles. The van der Waals surface area contributed by atoms with Gasteiger partial charge in [-0.3, -0.25) is 9.78 Å². The van der Waals surface area contributed by atoms with Crippen molar-refractivity contribution in [1.29, 1.82) is 0 Å². The summed E-state index contributed by atoms with van der Waals surface area (Å²) in [7, 11) is 0. The summed E-state index contributed by atoms with van der Waals surface area (Å²) >= 11 is 0. The number of carbonyl (C=O) groups is 1. The maximum Gasteiger partial charge on any atom is 0.242 e. The summed E-state index contributed by atoms with van der Waals surface area (Å²) in [6.45, 7) is 3.21. The van der Waals surface area contributed by atoms with Crippen molar-refractivity contribution in [2.45, 2.75) is 44.7 Å². The Balaban J connectivity index is 2.07. The van der Waals surface area contributed by atoms with E-state index in [-0.39, 0.29) is 5.91 Å². The van der Waals surface area contributed by atoms with Crippen LogP contribution < -0.4 is 5.73 Å². The zero-order valence-corrected chi connectivity index (χ0v) is 10.9. The molecule has 1 amide bonds. The van der Waals surface area contributed by atoms with Gasteiger partial charge in [-0.1, -0.05) is 18.9 Å². The predicted molar refractivity (Wildman–Crippen MR) is 70.7 cm³/mol. The van der Waals surface area contributed by atoms with Crippen LogP contribution in [0.1, 0.15) is 38.3 Å². The zero-order chi connectivity index (χ0) is 13.0. The lowest BCUT2D eigenvalue weighted by Gasteiger charge is -2.30. The summed E-state index contributed by atoms with van der Waals surface area (Å²) in [6.07, 6.45) is 5.49. The molecule has 0 atom stereocenters. The predicted octanol–water partition coefficient (Wildman–Crippen LogP) is 1.70. The number of hydrogen-bond donors (Lipinski definition) is 1. The molecule has 0 unspecified atom stereocenters. The first-order chi connectivity index (χ1) is 8.65. The standard InChI is InChI=1S/C14H21N3O/c1-2-17(11-12-7-3-6-10-16-12)13(18)14(15)8-4-5-9-14/h3,6-7,10H,2,4-5,8-9,11,15H2,1H3. The normalized spacial score (nSPS) is 17.7. The number of aromatic nitrogens is 1. The van der Waals surface area contributed by atoms with Crippen LogP contribution in [0.25, 0.3) is 0 Å². The van der Waals surface area contributed by atoms with E-state index in [1.54, 1.807) is 6.20 Å². The van der Waals surface area contributed by atoms with E-state index in [1.807, 2.05) is 30.0 Å². The van der Waals surface area contributed by atoms with Crippen LogP contribution >= 0.6 is 0 Å². The zero-order valence-electron chi connectivity index (χ0n) is 10.9. The van der Waals surface area contributed by atoms with Gasteiger partial charge in [0.2, 0.25) is 5.91 Å². The van der Waals surface area contributed by atoms with E-state index in [9.17, 15) is 4.79 Å². The lowest BCUT2D eigenvalue weighted by molar-refractivity contribution is -0.137. The molecular weight excluding hydrogens is 226 g/mol. The molecule has 0 spiro atoms. The maximum atomic E-state index is 12.5. The third-order valence-corrected chi connectivity index (χ3v) is 3.67. The van der Waals surface area contributed by atoms with Gasteiger partial charge in [0.05, 0.1) is 17.8 Å². The average Bonchev–Trinajstić information content (AvgIpc) is 2.84. The van der Waals surface area contributed by atoms with Crippen molar-refractivity contribution >= 4 is 5.91 Å². The number of pyridine rings is 1. The monoisotopic (exact) mass is 247 g/mol. The lowest BCUT2D eigenvalue weighted by atomic mass is 9.97. The number of carbonyl (C=O) groups excluding carboxylic acids is 1. The van der Waals surface area contributed by atoms with Crippen LogP contribution in [-0.2, 0) is 11.3 Å². The highest BCUT2D eigenvalue weighted by Crippen LogP contribution is 2.29. The number of rotatable bonds is 4. The van der Waals surface area contributed by atoms with Gasteiger partial charge in [-0.15, -0.1) is 0 Å². The summed E-state index contributed by atoms with van der Waals surface area (Å²) in [5.74, 6) is 0.0770. The number of hydrogen-bond acceptors (Lipinski definition) is 3. The fraction of sp³-hybridized carbons (Fsp3) is 0.571. The Kier molecular flexibility index (Phi) is 3.97. The number of amides is 1. The molecule has 1 saturated carbocycles. The minimum Gasteiger partial charge on any atom is -0.335 e. The SMILES string of the molecule is CCN(Cc1ccccn1)C(=O)C1(N)CCCC1. The first kappa shape index (κ1) is 13.0. The first-order valence-corrected chi connectivity index (χ1v) is 6.64. The van der Waals surface area contributed by atoms with Gasteiger partial charge in [-0.25, -0.2) is 0 Å². The van der Waals surface area contributed by atoms with Crippen LogP contribution in [-0.4, -0.2) is 27.9 Å². The van der Waals surface area contributed by atoms with Crippen molar-refractivity contribution in [2.75, 3.05) is 6.54 Å². The van der Waals surface area contributed by atoms with Gasteiger partial charge in [-0.05, 0) is 31.9 Å². The van der Waals surface area contributed by atoms with Crippen LogP contribution in [0, 0.1) is 0 Å². The van der Waals surface area contributed by atoms with Gasteiger partial charge < -0.3 is 10.6 Å². The van der Waals surface area contributed by atoms with Crippen LogP contribution in [0.4, 0.5) is 0 Å². The first-order valence-electron chi connectivity index (χ1n) is 6.64. The Bertz CT molecular complexity index is 399. The molecule has 4 nitrogen and oxygen atoms in total. The largest absolute Gasteiger partial charge is 0.335 e. The molecule has 0 aliphatic heterocycles. The van der Waals surface area contributed by atoms with Gasteiger partial charge in [-0.2, -0.15) is 0 Å². The molecule has 1 aromatic heterocycles. The van der Waals surface area contributed by atoms with Gasteiger partial charge in [0.25, 0.3) is 0 Å². The van der Waals surface area contributed by atoms with Gasteiger partial charge in [0.15, 0.2) is 0 Å². The molecule has 0 aromatic carbocycles. The minimum atomic E-state index is -0.634. The molecular formula is C14H21N3O. The van der Waals surface area contributed by atoms with Crippen LogP contribution in [0.3, 0.4) is 0 Å². The molecule has 98 valence electrons. The molecule has 1 fully saturated rings. The molecule has 1 aromatic rings. The summed E-state index contributed by atoms with van der Waals surface area (Å²) in [4.78, 5) is 18.6. The Morgan fingerprint density at radius 1 is 1.44 bits per heavy atom. The van der Waals surface area contributed by atoms with E-state index in [4.69, 9.17) is 5.73 Å². The molecule has 18 heavy (non-hydrogen) atoms. The van der Waals surface area contributed by atoms with Crippen molar-refractivity contribution < 1.29 is 4.79 Å². The highest BCUT2D eigenvalue weighted by molar-refractivity contribution is 5.86. The Labute approximate surface area is 108 Å². The molecule has 2 N–H and O–H groups in total. The highest BCUT2D eigenvalue weighted by atomic mass is 16.2. The van der Waals surface area contributed by atoms with Crippen molar-refractivity contribution in [3.05, 3.63) is 30.1 Å². The Hall–Kier alpha value is -1.42. The summed E-state index contributed by atoms with van der Waals surface area (Å²) in [6, 6.07) is 5.76. The van der Waals surface area contributed by atoms with E-state index in [1.165, 1.54) is 0 Å². The second kappa shape index (κ2) is 5.48. The second-order valence-corrected chi connectivity index (χ2v) is 5.00. The smallest absolute Gasteiger partial charge is 0.242 e. The second-order valence-electron chi connectivity index (χ2n) is 5.00. The third kappa shape index (κ3) is 2.70. The fourth-order valence-electron chi connectivity index (χ4n) is 2.55. The third-order valence-electron chi connectivity index (χ3n) is 3.67. The number of likely N-dealkylation sites (N-methyl/N-ethyl adjacent to an activating group) is 1. The Morgan fingerprint density at radius 3 is 2.72 bits per heavy atom. The highest BCUT2D eigenvalue weighted by Gasteiger charge is 2.39. The van der Waals surface area contributed by atoms with E-state index < -0.39 is 5.54 Å². The quantitative estimate of drug-likeness (QED) is 0.881. The fourth-order valence-corrected chi connectivity index (χ4v) is 2.55. The van der Waals surface area contributed by atoms with Crippen LogP contribution in [0.15, 0.2) is 24.4 Å². The van der Waals surface area contributed by atoms with E-state index >= 15 is 0 Å². The summed E-state index contributed by atoms with van der Waals surface area (Å²) in [5.41, 5.74) is 6.50. The molecule has 1 aliphatic carbocycles. The van der Waals surface area contributed by atoms with Crippen molar-refractivity contribution in [1.82, 2.24) is 9.88 Å². The van der Waals surface area contributed by atoms with Crippen molar-refractivity contribution in [3.63, 3.8) is 0 Å². The van der Waals surface area contributed by atoms with Gasteiger partial charge >= 0.3 is 0 Å². The molecule has 0 radical (unpaired) electrons. The van der Waals surface area contributed by atoms with Crippen molar-refractivity contribution in [3.8, 4) is 0 Å².